The number of nitrogens with two attached hydrogens (primary N) is 1. The van der Waals surface area contributed by atoms with Crippen molar-refractivity contribution in [1.29, 1.82) is 0 Å². The SMILES string of the molecule is COc1cccc(CCC(CN)c2ccccn2)c1. The maximum Gasteiger partial charge on any atom is 0.119 e. The number of aryl methyl sites for hydroxylation is 1. The Morgan fingerprint density at radius 2 is 2.11 bits per heavy atom. The van der Waals surface area contributed by atoms with Crippen LogP contribution >= 0.6 is 0 Å². The van der Waals surface area contributed by atoms with Crippen molar-refractivity contribution in [1.82, 2.24) is 4.98 Å². The highest BCUT2D eigenvalue weighted by molar-refractivity contribution is 5.28. The minimum Gasteiger partial charge on any atom is -0.497 e. The normalized spacial score (nSPS) is 12.1. The van der Waals surface area contributed by atoms with E-state index in [1.165, 1.54) is 5.56 Å². The van der Waals surface area contributed by atoms with Gasteiger partial charge < -0.3 is 10.5 Å². The molecule has 19 heavy (non-hydrogen) atoms. The molecule has 0 saturated carbocycles. The zero-order valence-corrected chi connectivity index (χ0v) is 11.3. The van der Waals surface area contributed by atoms with E-state index in [-0.39, 0.29) is 0 Å². The van der Waals surface area contributed by atoms with Gasteiger partial charge in [-0.25, -0.2) is 0 Å². The number of methoxy groups -OCH3 is 1. The molecule has 0 amide bonds. The molecular weight excluding hydrogens is 236 g/mol. The van der Waals surface area contributed by atoms with Gasteiger partial charge in [0.25, 0.3) is 0 Å². The van der Waals surface area contributed by atoms with Crippen LogP contribution in [0.5, 0.6) is 5.75 Å². The van der Waals surface area contributed by atoms with E-state index < -0.39 is 0 Å². The quantitative estimate of drug-likeness (QED) is 0.864. The minimum atomic E-state index is 0.312. The molecule has 2 N–H and O–H groups in total. The first-order valence-electron chi connectivity index (χ1n) is 6.57. The molecule has 0 aliphatic carbocycles. The summed E-state index contributed by atoms with van der Waals surface area (Å²) in [7, 11) is 1.69. The average molecular weight is 256 g/mol. The van der Waals surface area contributed by atoms with Crippen molar-refractivity contribution in [2.45, 2.75) is 18.8 Å². The van der Waals surface area contributed by atoms with Gasteiger partial charge in [-0.2, -0.15) is 0 Å². The van der Waals surface area contributed by atoms with Gasteiger partial charge in [-0.05, 0) is 42.7 Å². The van der Waals surface area contributed by atoms with Crippen molar-refractivity contribution < 1.29 is 4.74 Å². The Labute approximate surface area is 114 Å². The van der Waals surface area contributed by atoms with E-state index >= 15 is 0 Å². The molecule has 0 bridgehead atoms. The van der Waals surface area contributed by atoms with Gasteiger partial charge in [-0.1, -0.05) is 18.2 Å². The first kappa shape index (κ1) is 13.6. The van der Waals surface area contributed by atoms with Crippen LogP contribution < -0.4 is 10.5 Å². The Morgan fingerprint density at radius 3 is 2.79 bits per heavy atom. The van der Waals surface area contributed by atoms with Gasteiger partial charge in [-0.15, -0.1) is 0 Å². The summed E-state index contributed by atoms with van der Waals surface area (Å²) in [5.74, 6) is 1.21. The largest absolute Gasteiger partial charge is 0.497 e. The summed E-state index contributed by atoms with van der Waals surface area (Å²) in [5.41, 5.74) is 8.21. The maximum atomic E-state index is 5.86. The van der Waals surface area contributed by atoms with E-state index in [2.05, 4.69) is 17.1 Å². The molecule has 3 heteroatoms. The van der Waals surface area contributed by atoms with Gasteiger partial charge in [0.05, 0.1) is 7.11 Å². The lowest BCUT2D eigenvalue weighted by Crippen LogP contribution is -2.14. The molecule has 1 heterocycles. The second-order valence-corrected chi connectivity index (χ2v) is 4.58. The number of hydrogen-bond acceptors (Lipinski definition) is 3. The Kier molecular flexibility index (Phi) is 4.93. The lowest BCUT2D eigenvalue weighted by Gasteiger charge is -2.14. The van der Waals surface area contributed by atoms with E-state index in [0.717, 1.165) is 24.3 Å². The third kappa shape index (κ3) is 3.80. The van der Waals surface area contributed by atoms with Crippen LogP contribution in [0.15, 0.2) is 48.7 Å². The summed E-state index contributed by atoms with van der Waals surface area (Å²) in [5, 5.41) is 0. The van der Waals surface area contributed by atoms with Gasteiger partial charge in [0.15, 0.2) is 0 Å². The number of aromatic nitrogens is 1. The molecule has 0 spiro atoms. The number of pyridine rings is 1. The van der Waals surface area contributed by atoms with E-state index in [1.807, 2.05) is 36.5 Å². The molecule has 0 saturated heterocycles. The first-order chi connectivity index (χ1) is 9.33. The van der Waals surface area contributed by atoms with Crippen LogP contribution in [0, 0.1) is 0 Å². The van der Waals surface area contributed by atoms with E-state index in [1.54, 1.807) is 7.11 Å². The molecule has 2 rings (SSSR count). The van der Waals surface area contributed by atoms with Crippen LogP contribution in [0.1, 0.15) is 23.6 Å². The molecule has 1 atom stereocenters. The second-order valence-electron chi connectivity index (χ2n) is 4.58. The highest BCUT2D eigenvalue weighted by atomic mass is 16.5. The predicted molar refractivity (Wildman–Crippen MR) is 77.3 cm³/mol. The van der Waals surface area contributed by atoms with Gasteiger partial charge in [-0.3, -0.25) is 4.98 Å². The standard InChI is InChI=1S/C16H20N2O/c1-19-15-6-4-5-13(11-15)8-9-14(12-17)16-7-2-3-10-18-16/h2-7,10-11,14H,8-9,12,17H2,1H3. The summed E-state index contributed by atoms with van der Waals surface area (Å²) in [4.78, 5) is 4.39. The zero-order valence-electron chi connectivity index (χ0n) is 11.3. The van der Waals surface area contributed by atoms with Crippen LogP contribution in [-0.2, 0) is 6.42 Å². The molecule has 1 aromatic carbocycles. The molecule has 1 unspecified atom stereocenters. The van der Waals surface area contributed by atoms with Crippen LogP contribution in [0.3, 0.4) is 0 Å². The molecule has 2 aromatic rings. The summed E-state index contributed by atoms with van der Waals surface area (Å²) >= 11 is 0. The number of benzene rings is 1. The summed E-state index contributed by atoms with van der Waals surface area (Å²) < 4.78 is 5.24. The minimum absolute atomic E-state index is 0.312. The number of rotatable bonds is 6. The Bertz CT molecular complexity index is 499. The van der Waals surface area contributed by atoms with Crippen molar-refractivity contribution in [3.8, 4) is 5.75 Å². The maximum absolute atomic E-state index is 5.86. The molecular formula is C16H20N2O. The fourth-order valence-electron chi connectivity index (χ4n) is 2.17. The van der Waals surface area contributed by atoms with Crippen molar-refractivity contribution >= 4 is 0 Å². The molecule has 3 nitrogen and oxygen atoms in total. The molecule has 0 aliphatic rings. The van der Waals surface area contributed by atoms with Gasteiger partial charge >= 0.3 is 0 Å². The molecule has 0 fully saturated rings. The molecule has 100 valence electrons. The lowest BCUT2D eigenvalue weighted by atomic mass is 9.96. The summed E-state index contributed by atoms with van der Waals surface area (Å²) in [6.45, 7) is 0.626. The Balaban J connectivity index is 2.00. The van der Waals surface area contributed by atoms with Gasteiger partial charge in [0, 0.05) is 24.4 Å². The lowest BCUT2D eigenvalue weighted by molar-refractivity contribution is 0.414. The number of nitrogens with zero attached hydrogens (tertiary/aromatic N) is 1. The number of hydrogen-bond donors (Lipinski definition) is 1. The van der Waals surface area contributed by atoms with Crippen LogP contribution in [0.25, 0.3) is 0 Å². The Morgan fingerprint density at radius 1 is 1.21 bits per heavy atom. The van der Waals surface area contributed by atoms with Crippen molar-refractivity contribution in [3.63, 3.8) is 0 Å². The van der Waals surface area contributed by atoms with E-state index in [0.29, 0.717) is 12.5 Å². The molecule has 0 radical (unpaired) electrons. The van der Waals surface area contributed by atoms with Gasteiger partial charge in [0.1, 0.15) is 5.75 Å². The van der Waals surface area contributed by atoms with Crippen molar-refractivity contribution in [3.05, 3.63) is 59.9 Å². The fraction of sp³-hybridized carbons (Fsp3) is 0.312. The van der Waals surface area contributed by atoms with Gasteiger partial charge in [0.2, 0.25) is 0 Å². The van der Waals surface area contributed by atoms with E-state index in [4.69, 9.17) is 10.5 Å². The summed E-state index contributed by atoms with van der Waals surface area (Å²) in [6.07, 6.45) is 3.81. The highest BCUT2D eigenvalue weighted by Crippen LogP contribution is 2.20. The third-order valence-electron chi connectivity index (χ3n) is 3.31. The Hall–Kier alpha value is -1.87. The first-order valence-corrected chi connectivity index (χ1v) is 6.57. The monoisotopic (exact) mass is 256 g/mol. The van der Waals surface area contributed by atoms with E-state index in [9.17, 15) is 0 Å². The smallest absolute Gasteiger partial charge is 0.119 e. The van der Waals surface area contributed by atoms with Crippen molar-refractivity contribution in [2.24, 2.45) is 5.73 Å². The average Bonchev–Trinajstić information content (AvgIpc) is 2.49. The third-order valence-corrected chi connectivity index (χ3v) is 3.31. The topological polar surface area (TPSA) is 48.1 Å². The fourth-order valence-corrected chi connectivity index (χ4v) is 2.17. The second kappa shape index (κ2) is 6.90. The zero-order chi connectivity index (χ0) is 13.5. The number of ether oxygens (including phenoxy) is 1. The molecule has 1 aromatic heterocycles. The highest BCUT2D eigenvalue weighted by Gasteiger charge is 2.10. The summed E-state index contributed by atoms with van der Waals surface area (Å²) in [6, 6.07) is 14.2. The van der Waals surface area contributed by atoms with Crippen LogP contribution in [0.2, 0.25) is 0 Å². The van der Waals surface area contributed by atoms with Crippen molar-refractivity contribution in [2.75, 3.05) is 13.7 Å². The predicted octanol–water partition coefficient (Wildman–Crippen LogP) is 2.77. The molecule has 0 aliphatic heterocycles. The van der Waals surface area contributed by atoms with Crippen LogP contribution in [-0.4, -0.2) is 18.6 Å². The van der Waals surface area contributed by atoms with Crippen LogP contribution in [0.4, 0.5) is 0 Å².